The molecule has 0 amide bonds. The van der Waals surface area contributed by atoms with E-state index in [1.807, 2.05) is 30.3 Å². The lowest BCUT2D eigenvalue weighted by Crippen LogP contribution is -2.37. The van der Waals surface area contributed by atoms with Crippen molar-refractivity contribution < 1.29 is 9.68 Å². The maximum atomic E-state index is 9.85. The lowest BCUT2D eigenvalue weighted by molar-refractivity contribution is 0.132. The molecule has 1 N–H and O–H groups in total. The van der Waals surface area contributed by atoms with Gasteiger partial charge in [0, 0.05) is 6.10 Å². The largest absolute Gasteiger partial charge is 0.491 e. The molecule has 1 aromatic carbocycles. The molecule has 0 aromatic heterocycles. The van der Waals surface area contributed by atoms with Crippen LogP contribution in [0.25, 0.3) is 0 Å². The molecule has 0 bridgehead atoms. The fraction of sp³-hybridized carbons (Fsp3) is 0.500. The summed E-state index contributed by atoms with van der Waals surface area (Å²) in [4.78, 5) is 0. The van der Waals surface area contributed by atoms with E-state index in [1.54, 1.807) is 0 Å². The molecule has 1 saturated carbocycles. The van der Waals surface area contributed by atoms with Crippen LogP contribution in [0.1, 0.15) is 32.1 Å². The minimum Gasteiger partial charge on any atom is -0.423 e. The fourth-order valence-corrected chi connectivity index (χ4v) is 2.08. The second-order valence-electron chi connectivity index (χ2n) is 4.16. The zero-order valence-electron chi connectivity index (χ0n) is 8.93. The van der Waals surface area contributed by atoms with Crippen LogP contribution in [-0.2, 0) is 4.65 Å². The van der Waals surface area contributed by atoms with Crippen molar-refractivity contribution in [2.24, 2.45) is 0 Å². The quantitative estimate of drug-likeness (QED) is 0.759. The Morgan fingerprint density at radius 3 is 2.40 bits per heavy atom. The lowest BCUT2D eigenvalue weighted by atomic mass is 9.78. The van der Waals surface area contributed by atoms with Crippen molar-refractivity contribution in [2.75, 3.05) is 0 Å². The van der Waals surface area contributed by atoms with Gasteiger partial charge in [0.25, 0.3) is 0 Å². The minimum atomic E-state index is -0.755. The number of hydrogen-bond acceptors (Lipinski definition) is 2. The van der Waals surface area contributed by atoms with Crippen LogP contribution in [-0.4, -0.2) is 18.2 Å². The topological polar surface area (TPSA) is 29.5 Å². The van der Waals surface area contributed by atoms with Crippen LogP contribution in [0.3, 0.4) is 0 Å². The van der Waals surface area contributed by atoms with Crippen molar-refractivity contribution in [1.29, 1.82) is 0 Å². The minimum absolute atomic E-state index is 0.244. The van der Waals surface area contributed by atoms with Crippen molar-refractivity contribution in [3.8, 4) is 0 Å². The molecule has 0 radical (unpaired) electrons. The van der Waals surface area contributed by atoms with Gasteiger partial charge in [-0.15, -0.1) is 0 Å². The molecule has 0 heterocycles. The van der Waals surface area contributed by atoms with E-state index in [4.69, 9.17) is 4.65 Å². The van der Waals surface area contributed by atoms with Gasteiger partial charge in [-0.3, -0.25) is 0 Å². The Balaban J connectivity index is 1.88. The van der Waals surface area contributed by atoms with E-state index in [-0.39, 0.29) is 6.10 Å². The third kappa shape index (κ3) is 3.08. The van der Waals surface area contributed by atoms with E-state index in [2.05, 4.69) is 0 Å². The second kappa shape index (κ2) is 5.33. The second-order valence-corrected chi connectivity index (χ2v) is 4.16. The van der Waals surface area contributed by atoms with E-state index in [1.165, 1.54) is 19.3 Å². The van der Waals surface area contributed by atoms with Crippen LogP contribution in [0.2, 0.25) is 0 Å². The van der Waals surface area contributed by atoms with Crippen molar-refractivity contribution in [3.05, 3.63) is 30.3 Å². The zero-order valence-corrected chi connectivity index (χ0v) is 8.93. The van der Waals surface area contributed by atoms with Gasteiger partial charge in [-0.2, -0.15) is 0 Å². The lowest BCUT2D eigenvalue weighted by Gasteiger charge is -2.23. The van der Waals surface area contributed by atoms with E-state index >= 15 is 0 Å². The molecule has 2 rings (SSSR count). The summed E-state index contributed by atoms with van der Waals surface area (Å²) in [6, 6.07) is 9.57. The van der Waals surface area contributed by atoms with Crippen molar-refractivity contribution in [2.45, 2.75) is 38.2 Å². The van der Waals surface area contributed by atoms with E-state index in [9.17, 15) is 5.02 Å². The zero-order chi connectivity index (χ0) is 10.5. The van der Waals surface area contributed by atoms with Gasteiger partial charge in [0.1, 0.15) is 0 Å². The van der Waals surface area contributed by atoms with Crippen LogP contribution < -0.4 is 5.46 Å². The van der Waals surface area contributed by atoms with Gasteiger partial charge in [0.15, 0.2) is 0 Å². The SMILES string of the molecule is OB(OC1CCCCC1)c1ccccc1. The van der Waals surface area contributed by atoms with Crippen LogP contribution in [0, 0.1) is 0 Å². The highest BCUT2D eigenvalue weighted by molar-refractivity contribution is 6.59. The van der Waals surface area contributed by atoms with Gasteiger partial charge in [0.05, 0.1) is 0 Å². The average molecular weight is 204 g/mol. The third-order valence-corrected chi connectivity index (χ3v) is 2.96. The molecule has 0 unspecified atom stereocenters. The third-order valence-electron chi connectivity index (χ3n) is 2.96. The molecule has 3 heteroatoms. The summed E-state index contributed by atoms with van der Waals surface area (Å²) < 4.78 is 5.63. The molecular formula is C12H17BO2. The molecule has 2 nitrogen and oxygen atoms in total. The number of benzene rings is 1. The van der Waals surface area contributed by atoms with Crippen molar-refractivity contribution in [1.82, 2.24) is 0 Å². The summed E-state index contributed by atoms with van der Waals surface area (Å²) >= 11 is 0. The summed E-state index contributed by atoms with van der Waals surface area (Å²) in [5.41, 5.74) is 0.850. The summed E-state index contributed by atoms with van der Waals surface area (Å²) in [5, 5.41) is 9.85. The highest BCUT2D eigenvalue weighted by atomic mass is 16.5. The molecule has 1 aliphatic rings. The Bertz CT molecular complexity index is 283. The predicted octanol–water partition coefficient (Wildman–Crippen LogP) is 1.72. The summed E-state index contributed by atoms with van der Waals surface area (Å²) in [6.45, 7) is 0. The molecule has 0 saturated heterocycles. The molecule has 15 heavy (non-hydrogen) atoms. The number of rotatable bonds is 3. The first kappa shape index (κ1) is 10.7. The Hall–Kier alpha value is -0.795. The maximum absolute atomic E-state index is 9.85. The first-order valence-electron chi connectivity index (χ1n) is 5.75. The van der Waals surface area contributed by atoms with Crippen LogP contribution in [0.5, 0.6) is 0 Å². The van der Waals surface area contributed by atoms with Gasteiger partial charge in [0.2, 0.25) is 0 Å². The summed E-state index contributed by atoms with van der Waals surface area (Å²) in [7, 11) is -0.755. The first-order chi connectivity index (χ1) is 7.36. The fourth-order valence-electron chi connectivity index (χ4n) is 2.08. The first-order valence-corrected chi connectivity index (χ1v) is 5.75. The maximum Gasteiger partial charge on any atom is 0.491 e. The highest BCUT2D eigenvalue weighted by Crippen LogP contribution is 2.20. The molecule has 1 aliphatic carbocycles. The van der Waals surface area contributed by atoms with Crippen LogP contribution in [0.4, 0.5) is 0 Å². The molecule has 1 fully saturated rings. The normalized spacial score (nSPS) is 17.7. The summed E-state index contributed by atoms with van der Waals surface area (Å²) in [6.07, 6.45) is 6.18. The Kier molecular flexibility index (Phi) is 3.81. The summed E-state index contributed by atoms with van der Waals surface area (Å²) in [5.74, 6) is 0. The Morgan fingerprint density at radius 2 is 1.73 bits per heavy atom. The molecule has 0 atom stereocenters. The van der Waals surface area contributed by atoms with Crippen LogP contribution >= 0.6 is 0 Å². The van der Waals surface area contributed by atoms with Gasteiger partial charge in [-0.25, -0.2) is 0 Å². The molecule has 1 aromatic rings. The van der Waals surface area contributed by atoms with E-state index < -0.39 is 7.12 Å². The molecular weight excluding hydrogens is 187 g/mol. The van der Waals surface area contributed by atoms with Gasteiger partial charge >= 0.3 is 7.12 Å². The van der Waals surface area contributed by atoms with Crippen molar-refractivity contribution >= 4 is 12.6 Å². The van der Waals surface area contributed by atoms with E-state index in [0.29, 0.717) is 0 Å². The van der Waals surface area contributed by atoms with E-state index in [0.717, 1.165) is 18.3 Å². The standard InChI is InChI=1S/C12H17BO2/c14-13(11-7-3-1-4-8-11)15-12-9-5-2-6-10-12/h1,3-4,7-8,12,14H,2,5-6,9-10H2. The van der Waals surface area contributed by atoms with Gasteiger partial charge in [-0.05, 0) is 18.3 Å². The van der Waals surface area contributed by atoms with Gasteiger partial charge in [-0.1, -0.05) is 49.6 Å². The van der Waals surface area contributed by atoms with Crippen molar-refractivity contribution in [3.63, 3.8) is 0 Å². The average Bonchev–Trinajstić information content (AvgIpc) is 2.31. The van der Waals surface area contributed by atoms with Crippen LogP contribution in [0.15, 0.2) is 30.3 Å². The Labute approximate surface area is 91.4 Å². The monoisotopic (exact) mass is 204 g/mol. The highest BCUT2D eigenvalue weighted by Gasteiger charge is 2.22. The Morgan fingerprint density at radius 1 is 1.07 bits per heavy atom. The predicted molar refractivity (Wildman–Crippen MR) is 62.0 cm³/mol. The molecule has 80 valence electrons. The number of hydrogen-bond donors (Lipinski definition) is 1. The molecule has 0 aliphatic heterocycles. The van der Waals surface area contributed by atoms with Gasteiger partial charge < -0.3 is 9.68 Å². The smallest absolute Gasteiger partial charge is 0.423 e. The molecule has 0 spiro atoms.